The van der Waals surface area contributed by atoms with Crippen molar-refractivity contribution in [1.82, 2.24) is 4.98 Å². The van der Waals surface area contributed by atoms with Gasteiger partial charge in [-0.15, -0.1) is 0 Å². The van der Waals surface area contributed by atoms with E-state index in [-0.39, 0.29) is 23.3 Å². The third-order valence-corrected chi connectivity index (χ3v) is 5.03. The van der Waals surface area contributed by atoms with Crippen molar-refractivity contribution in [3.8, 4) is 11.1 Å². The first kappa shape index (κ1) is 22.7. The molecule has 6 nitrogen and oxygen atoms in total. The highest BCUT2D eigenvalue weighted by Gasteiger charge is 2.26. The van der Waals surface area contributed by atoms with Gasteiger partial charge in [-0.25, -0.2) is 4.79 Å². The monoisotopic (exact) mass is 430 g/mol. The van der Waals surface area contributed by atoms with E-state index in [2.05, 4.69) is 4.98 Å². The molecule has 0 unspecified atom stereocenters. The largest absolute Gasteiger partial charge is 0.462 e. The van der Waals surface area contributed by atoms with Gasteiger partial charge in [-0.3, -0.25) is 9.59 Å². The van der Waals surface area contributed by atoms with Gasteiger partial charge in [0.1, 0.15) is 0 Å². The normalized spacial score (nSPS) is 10.9. The standard InChI is InChI=1S/C26H26N2O4/c1-5-32-26(31)22-17(2)27-25(30)24(21(29)16-11-18-9-7-6-8-10-18)23(22)19-12-14-20(15-13-19)28(3)4/h6-16H,5H2,1-4H3,(H,27,30). The number of nitrogens with zero attached hydrogens (tertiary/aromatic N) is 1. The topological polar surface area (TPSA) is 79.5 Å². The molecule has 6 heteroatoms. The van der Waals surface area contributed by atoms with Crippen molar-refractivity contribution in [3.63, 3.8) is 0 Å². The fourth-order valence-electron chi connectivity index (χ4n) is 3.45. The van der Waals surface area contributed by atoms with Crippen molar-refractivity contribution in [2.45, 2.75) is 13.8 Å². The van der Waals surface area contributed by atoms with Crippen LogP contribution in [0.5, 0.6) is 0 Å². The Bertz CT molecular complexity index is 1210. The Morgan fingerprint density at radius 2 is 1.66 bits per heavy atom. The summed E-state index contributed by atoms with van der Waals surface area (Å²) in [6.07, 6.45) is 2.99. The molecule has 0 amide bonds. The van der Waals surface area contributed by atoms with E-state index in [1.165, 1.54) is 6.08 Å². The predicted molar refractivity (Wildman–Crippen MR) is 127 cm³/mol. The van der Waals surface area contributed by atoms with Crippen LogP contribution in [0, 0.1) is 6.92 Å². The van der Waals surface area contributed by atoms with E-state index < -0.39 is 17.3 Å². The molecule has 0 aliphatic heterocycles. The van der Waals surface area contributed by atoms with Gasteiger partial charge in [0.05, 0.1) is 17.7 Å². The number of aromatic nitrogens is 1. The molecule has 0 atom stereocenters. The van der Waals surface area contributed by atoms with Crippen LogP contribution in [0.15, 0.2) is 65.5 Å². The summed E-state index contributed by atoms with van der Waals surface area (Å²) in [7, 11) is 3.83. The fourth-order valence-corrected chi connectivity index (χ4v) is 3.45. The van der Waals surface area contributed by atoms with E-state index in [9.17, 15) is 14.4 Å². The average molecular weight is 431 g/mol. The number of hydrogen-bond acceptors (Lipinski definition) is 5. The first-order valence-electron chi connectivity index (χ1n) is 10.3. The molecule has 3 aromatic rings. The lowest BCUT2D eigenvalue weighted by molar-refractivity contribution is 0.0526. The van der Waals surface area contributed by atoms with Crippen LogP contribution in [0.3, 0.4) is 0 Å². The van der Waals surface area contributed by atoms with Gasteiger partial charge >= 0.3 is 5.97 Å². The molecular formula is C26H26N2O4. The second-order valence-electron chi connectivity index (χ2n) is 7.47. The summed E-state index contributed by atoms with van der Waals surface area (Å²) in [4.78, 5) is 43.5. The number of rotatable bonds is 7. The number of ketones is 1. The molecule has 1 N–H and O–H groups in total. The SMILES string of the molecule is CCOC(=O)c1c(C)[nH]c(=O)c(C(=O)C=Cc2ccccc2)c1-c1ccc(N(C)C)cc1. The molecule has 0 spiro atoms. The van der Waals surface area contributed by atoms with Gasteiger partial charge in [0, 0.05) is 31.0 Å². The third kappa shape index (κ3) is 4.86. The van der Waals surface area contributed by atoms with E-state index in [0.717, 1.165) is 11.3 Å². The van der Waals surface area contributed by atoms with Crippen LogP contribution in [0.2, 0.25) is 0 Å². The van der Waals surface area contributed by atoms with Crippen molar-refractivity contribution >= 4 is 23.5 Å². The molecule has 0 fully saturated rings. The number of aryl methyl sites for hydroxylation is 1. The van der Waals surface area contributed by atoms with E-state index in [1.54, 1.807) is 32.1 Å². The molecule has 1 aromatic heterocycles. The molecule has 0 aliphatic rings. The molecule has 0 saturated carbocycles. The second-order valence-corrected chi connectivity index (χ2v) is 7.47. The minimum Gasteiger partial charge on any atom is -0.462 e. The van der Waals surface area contributed by atoms with Gasteiger partial charge in [0.15, 0.2) is 5.78 Å². The fraction of sp³-hybridized carbons (Fsp3) is 0.192. The van der Waals surface area contributed by atoms with E-state index in [0.29, 0.717) is 11.3 Å². The zero-order chi connectivity index (χ0) is 23.3. The Labute approximate surface area is 187 Å². The number of allylic oxidation sites excluding steroid dienone is 1. The van der Waals surface area contributed by atoms with Crippen molar-refractivity contribution in [2.75, 3.05) is 25.6 Å². The highest BCUT2D eigenvalue weighted by atomic mass is 16.5. The maximum Gasteiger partial charge on any atom is 0.340 e. The van der Waals surface area contributed by atoms with Crippen LogP contribution < -0.4 is 10.5 Å². The highest BCUT2D eigenvalue weighted by Crippen LogP contribution is 2.30. The molecule has 0 aliphatic carbocycles. The highest BCUT2D eigenvalue weighted by molar-refractivity contribution is 6.14. The summed E-state index contributed by atoms with van der Waals surface area (Å²) in [5.41, 5.74) is 2.52. The maximum atomic E-state index is 13.2. The summed E-state index contributed by atoms with van der Waals surface area (Å²) >= 11 is 0. The Morgan fingerprint density at radius 1 is 1.00 bits per heavy atom. The van der Waals surface area contributed by atoms with Crippen molar-refractivity contribution in [3.05, 3.63) is 93.4 Å². The first-order valence-corrected chi connectivity index (χ1v) is 10.3. The smallest absolute Gasteiger partial charge is 0.340 e. The van der Waals surface area contributed by atoms with Gasteiger partial charge < -0.3 is 14.6 Å². The summed E-state index contributed by atoms with van der Waals surface area (Å²) in [6.45, 7) is 3.51. The lowest BCUT2D eigenvalue weighted by Crippen LogP contribution is -2.24. The molecule has 0 radical (unpaired) electrons. The van der Waals surface area contributed by atoms with Gasteiger partial charge in [0.2, 0.25) is 0 Å². The first-order chi connectivity index (χ1) is 15.3. The number of carbonyl (C=O) groups excluding carboxylic acids is 2. The maximum absolute atomic E-state index is 13.2. The number of carbonyl (C=O) groups is 2. The van der Waals surface area contributed by atoms with Crippen LogP contribution in [-0.2, 0) is 4.74 Å². The lowest BCUT2D eigenvalue weighted by Gasteiger charge is -2.17. The molecule has 1 heterocycles. The zero-order valence-corrected chi connectivity index (χ0v) is 18.6. The van der Waals surface area contributed by atoms with Crippen LogP contribution in [0.4, 0.5) is 5.69 Å². The van der Waals surface area contributed by atoms with Crippen molar-refractivity contribution < 1.29 is 14.3 Å². The molecular weight excluding hydrogens is 404 g/mol. The Morgan fingerprint density at radius 3 is 2.25 bits per heavy atom. The van der Waals surface area contributed by atoms with Crippen LogP contribution in [0.1, 0.15) is 38.9 Å². The molecule has 0 bridgehead atoms. The van der Waals surface area contributed by atoms with E-state index in [1.807, 2.05) is 61.5 Å². The molecule has 32 heavy (non-hydrogen) atoms. The average Bonchev–Trinajstić information content (AvgIpc) is 2.77. The Balaban J connectivity index is 2.22. The number of aromatic amines is 1. The number of hydrogen-bond donors (Lipinski definition) is 1. The number of H-pyrrole nitrogens is 1. The Hall–Kier alpha value is -3.93. The number of esters is 1. The molecule has 3 rings (SSSR count). The molecule has 0 saturated heterocycles. The number of benzene rings is 2. The van der Waals surface area contributed by atoms with Gasteiger partial charge in [-0.2, -0.15) is 0 Å². The summed E-state index contributed by atoms with van der Waals surface area (Å²) in [5.74, 6) is -1.08. The third-order valence-electron chi connectivity index (χ3n) is 5.03. The summed E-state index contributed by atoms with van der Waals surface area (Å²) in [5, 5.41) is 0. The minimum atomic E-state index is -0.589. The summed E-state index contributed by atoms with van der Waals surface area (Å²) < 4.78 is 5.24. The number of ether oxygens (including phenoxy) is 1. The van der Waals surface area contributed by atoms with Gasteiger partial charge in [0.25, 0.3) is 5.56 Å². The zero-order valence-electron chi connectivity index (χ0n) is 18.6. The van der Waals surface area contributed by atoms with E-state index >= 15 is 0 Å². The number of pyridine rings is 1. The van der Waals surface area contributed by atoms with Gasteiger partial charge in [-0.1, -0.05) is 48.5 Å². The molecule has 164 valence electrons. The van der Waals surface area contributed by atoms with Crippen LogP contribution in [0.25, 0.3) is 17.2 Å². The van der Waals surface area contributed by atoms with E-state index in [4.69, 9.17) is 4.74 Å². The quantitative estimate of drug-likeness (QED) is 0.339. The van der Waals surface area contributed by atoms with Crippen molar-refractivity contribution in [1.29, 1.82) is 0 Å². The van der Waals surface area contributed by atoms with Gasteiger partial charge in [-0.05, 0) is 43.2 Å². The van der Waals surface area contributed by atoms with Crippen LogP contribution in [-0.4, -0.2) is 37.4 Å². The van der Waals surface area contributed by atoms with Crippen molar-refractivity contribution in [2.24, 2.45) is 0 Å². The number of nitrogens with one attached hydrogen (secondary N) is 1. The predicted octanol–water partition coefficient (Wildman–Crippen LogP) is 4.49. The summed E-state index contributed by atoms with van der Waals surface area (Å²) in [6, 6.07) is 16.6. The molecule has 2 aromatic carbocycles. The lowest BCUT2D eigenvalue weighted by atomic mass is 9.92. The second kappa shape index (κ2) is 9.92. The minimum absolute atomic E-state index is 0.0940. The number of anilines is 1. The Kier molecular flexibility index (Phi) is 7.05. The van der Waals surface area contributed by atoms with Crippen LogP contribution >= 0.6 is 0 Å².